The molecule has 0 saturated carbocycles. The summed E-state index contributed by atoms with van der Waals surface area (Å²) in [4.78, 5) is 26.1. The zero-order valence-electron chi connectivity index (χ0n) is 12.8. The van der Waals surface area contributed by atoms with E-state index >= 15 is 0 Å². The molecule has 120 valence electrons. The molecule has 1 saturated heterocycles. The van der Waals surface area contributed by atoms with Gasteiger partial charge in [-0.25, -0.2) is 0 Å². The number of nitrogens with zero attached hydrogens (tertiary/aromatic N) is 1. The molecule has 1 aliphatic heterocycles. The van der Waals surface area contributed by atoms with E-state index in [-0.39, 0.29) is 24.8 Å². The first-order valence-corrected chi connectivity index (χ1v) is 7.90. The highest BCUT2D eigenvalue weighted by Crippen LogP contribution is 2.20. The van der Waals surface area contributed by atoms with Crippen LogP contribution in [0.3, 0.4) is 0 Å². The number of likely N-dealkylation sites (tertiary alicyclic amines) is 1. The van der Waals surface area contributed by atoms with Crippen molar-refractivity contribution in [3.63, 3.8) is 0 Å². The molecule has 1 amide bonds. The van der Waals surface area contributed by atoms with Crippen molar-refractivity contribution in [1.82, 2.24) is 10.2 Å². The number of hydrogen-bond donors (Lipinski definition) is 2. The number of Topliss-reactive ketones (excluding diaryl/α,β-unsaturated/α-hetero) is 1. The molecule has 0 aliphatic carbocycles. The lowest BCUT2D eigenvalue weighted by Crippen LogP contribution is -2.41. The summed E-state index contributed by atoms with van der Waals surface area (Å²) in [6, 6.07) is 9.35. The maximum absolute atomic E-state index is 12.0. The standard InChI is InChI=1S/C17H24N2O3/c20-11-5-9-15-8-4-10-19(15)13-17(22)18-12-16(21)14-6-2-1-3-7-14/h1-3,6-7,15,20H,4-5,8-13H2,(H,18,22). The van der Waals surface area contributed by atoms with Gasteiger partial charge in [-0.3, -0.25) is 14.5 Å². The van der Waals surface area contributed by atoms with E-state index in [0.29, 0.717) is 18.2 Å². The molecule has 0 aromatic heterocycles. The normalized spacial score (nSPS) is 18.3. The van der Waals surface area contributed by atoms with Crippen molar-refractivity contribution in [2.24, 2.45) is 0 Å². The van der Waals surface area contributed by atoms with E-state index in [4.69, 9.17) is 5.11 Å². The van der Waals surface area contributed by atoms with Gasteiger partial charge in [-0.15, -0.1) is 0 Å². The Morgan fingerprint density at radius 2 is 2.05 bits per heavy atom. The summed E-state index contributed by atoms with van der Waals surface area (Å²) in [7, 11) is 0. The van der Waals surface area contributed by atoms with Gasteiger partial charge in [0.05, 0.1) is 13.1 Å². The number of carbonyl (C=O) groups excluding carboxylic acids is 2. The second-order valence-electron chi connectivity index (χ2n) is 5.70. The number of aliphatic hydroxyl groups excluding tert-OH is 1. The van der Waals surface area contributed by atoms with E-state index in [2.05, 4.69) is 10.2 Å². The van der Waals surface area contributed by atoms with Gasteiger partial charge in [0.25, 0.3) is 0 Å². The van der Waals surface area contributed by atoms with Gasteiger partial charge < -0.3 is 10.4 Å². The number of hydrogen-bond acceptors (Lipinski definition) is 4. The molecule has 1 aromatic carbocycles. The largest absolute Gasteiger partial charge is 0.396 e. The summed E-state index contributed by atoms with van der Waals surface area (Å²) in [6.45, 7) is 1.48. The fourth-order valence-corrected chi connectivity index (χ4v) is 2.90. The Morgan fingerprint density at radius 3 is 2.77 bits per heavy atom. The molecule has 1 fully saturated rings. The average Bonchev–Trinajstić information content (AvgIpc) is 2.98. The third-order valence-electron chi connectivity index (χ3n) is 4.08. The van der Waals surface area contributed by atoms with Gasteiger partial charge in [0, 0.05) is 18.2 Å². The maximum Gasteiger partial charge on any atom is 0.234 e. The molecule has 5 nitrogen and oxygen atoms in total. The van der Waals surface area contributed by atoms with Crippen LogP contribution in [0.4, 0.5) is 0 Å². The summed E-state index contributed by atoms with van der Waals surface area (Å²) in [5.74, 6) is -0.188. The van der Waals surface area contributed by atoms with Crippen molar-refractivity contribution < 1.29 is 14.7 Å². The van der Waals surface area contributed by atoms with Crippen LogP contribution in [0.25, 0.3) is 0 Å². The third-order valence-corrected chi connectivity index (χ3v) is 4.08. The first kappa shape index (κ1) is 16.6. The lowest BCUT2D eigenvalue weighted by Gasteiger charge is -2.23. The number of benzene rings is 1. The Bertz CT molecular complexity index is 490. The highest BCUT2D eigenvalue weighted by atomic mass is 16.3. The van der Waals surface area contributed by atoms with E-state index in [1.54, 1.807) is 12.1 Å². The molecule has 0 spiro atoms. The van der Waals surface area contributed by atoms with Crippen LogP contribution in [0.5, 0.6) is 0 Å². The fourth-order valence-electron chi connectivity index (χ4n) is 2.90. The molecule has 1 unspecified atom stereocenters. The zero-order chi connectivity index (χ0) is 15.8. The predicted octanol–water partition coefficient (Wildman–Crippen LogP) is 1.22. The molecule has 1 heterocycles. The first-order valence-electron chi connectivity index (χ1n) is 7.90. The van der Waals surface area contributed by atoms with Crippen LogP contribution in [-0.4, -0.2) is 54.0 Å². The molecule has 5 heteroatoms. The Morgan fingerprint density at radius 1 is 1.27 bits per heavy atom. The van der Waals surface area contributed by atoms with Gasteiger partial charge in [-0.1, -0.05) is 30.3 Å². The van der Waals surface area contributed by atoms with Crippen molar-refractivity contribution in [3.8, 4) is 0 Å². The van der Waals surface area contributed by atoms with Crippen molar-refractivity contribution in [2.75, 3.05) is 26.2 Å². The number of nitrogens with one attached hydrogen (secondary N) is 1. The van der Waals surface area contributed by atoms with Crippen LogP contribution in [0, 0.1) is 0 Å². The van der Waals surface area contributed by atoms with E-state index in [1.807, 2.05) is 18.2 Å². The minimum atomic E-state index is -0.111. The van der Waals surface area contributed by atoms with Gasteiger partial charge >= 0.3 is 0 Å². The minimum absolute atomic E-state index is 0.0397. The van der Waals surface area contributed by atoms with E-state index in [9.17, 15) is 9.59 Å². The fraction of sp³-hybridized carbons (Fsp3) is 0.529. The van der Waals surface area contributed by atoms with Crippen LogP contribution in [0.1, 0.15) is 36.0 Å². The molecule has 1 aliphatic rings. The molecule has 2 N–H and O–H groups in total. The monoisotopic (exact) mass is 304 g/mol. The molecule has 1 atom stereocenters. The zero-order valence-corrected chi connectivity index (χ0v) is 12.8. The topological polar surface area (TPSA) is 69.6 Å². The van der Waals surface area contributed by atoms with Crippen molar-refractivity contribution in [3.05, 3.63) is 35.9 Å². The van der Waals surface area contributed by atoms with E-state index in [0.717, 1.165) is 32.2 Å². The lowest BCUT2D eigenvalue weighted by atomic mass is 10.1. The second kappa shape index (κ2) is 8.66. The number of rotatable bonds is 8. The average molecular weight is 304 g/mol. The summed E-state index contributed by atoms with van der Waals surface area (Å²) in [6.07, 6.45) is 3.87. The Labute approximate surface area is 131 Å². The Balaban J connectivity index is 1.74. The van der Waals surface area contributed by atoms with Gasteiger partial charge in [-0.2, -0.15) is 0 Å². The van der Waals surface area contributed by atoms with Crippen molar-refractivity contribution in [2.45, 2.75) is 31.7 Å². The summed E-state index contributed by atoms with van der Waals surface area (Å²) >= 11 is 0. The van der Waals surface area contributed by atoms with Crippen molar-refractivity contribution >= 4 is 11.7 Å². The lowest BCUT2D eigenvalue weighted by molar-refractivity contribution is -0.122. The summed E-state index contributed by atoms with van der Waals surface area (Å²) in [5, 5.41) is 11.6. The van der Waals surface area contributed by atoms with Crippen LogP contribution in [-0.2, 0) is 4.79 Å². The predicted molar refractivity (Wildman–Crippen MR) is 84.7 cm³/mol. The van der Waals surface area contributed by atoms with Crippen LogP contribution < -0.4 is 5.32 Å². The first-order chi connectivity index (χ1) is 10.7. The van der Waals surface area contributed by atoms with Gasteiger partial charge in [0.15, 0.2) is 5.78 Å². The van der Waals surface area contributed by atoms with E-state index in [1.165, 1.54) is 0 Å². The van der Waals surface area contributed by atoms with E-state index < -0.39 is 0 Å². The molecule has 0 bridgehead atoms. The molecule has 22 heavy (non-hydrogen) atoms. The highest BCUT2D eigenvalue weighted by Gasteiger charge is 2.25. The van der Waals surface area contributed by atoms with Crippen LogP contribution in [0.2, 0.25) is 0 Å². The molecular weight excluding hydrogens is 280 g/mol. The second-order valence-corrected chi connectivity index (χ2v) is 5.70. The highest BCUT2D eigenvalue weighted by molar-refractivity contribution is 5.99. The minimum Gasteiger partial charge on any atom is -0.396 e. The van der Waals surface area contributed by atoms with Crippen molar-refractivity contribution in [1.29, 1.82) is 0 Å². The summed E-state index contributed by atoms with van der Waals surface area (Å²) in [5.41, 5.74) is 0.616. The number of ketones is 1. The molecular formula is C17H24N2O3. The maximum atomic E-state index is 12.0. The quantitative estimate of drug-likeness (QED) is 0.709. The van der Waals surface area contributed by atoms with Gasteiger partial charge in [0.1, 0.15) is 0 Å². The third kappa shape index (κ3) is 4.93. The molecule has 1 aromatic rings. The Hall–Kier alpha value is -1.72. The van der Waals surface area contributed by atoms with Crippen LogP contribution in [0.15, 0.2) is 30.3 Å². The molecule has 0 radical (unpaired) electrons. The molecule has 2 rings (SSSR count). The number of carbonyl (C=O) groups is 2. The van der Waals surface area contributed by atoms with Gasteiger partial charge in [-0.05, 0) is 32.2 Å². The number of amides is 1. The smallest absolute Gasteiger partial charge is 0.234 e. The summed E-state index contributed by atoms with van der Waals surface area (Å²) < 4.78 is 0. The van der Waals surface area contributed by atoms with Gasteiger partial charge in [0.2, 0.25) is 5.91 Å². The SMILES string of the molecule is O=C(CN1CCCC1CCCO)NCC(=O)c1ccccc1. The Kier molecular flexibility index (Phi) is 6.55. The van der Waals surface area contributed by atoms with Crippen LogP contribution >= 0.6 is 0 Å². The number of aliphatic hydroxyl groups is 1.